The van der Waals surface area contributed by atoms with Crippen molar-refractivity contribution < 1.29 is 19.1 Å². The minimum atomic E-state index is -0.409. The predicted molar refractivity (Wildman–Crippen MR) is 99.9 cm³/mol. The third-order valence-electron chi connectivity index (χ3n) is 3.97. The van der Waals surface area contributed by atoms with E-state index in [0.29, 0.717) is 12.3 Å². The van der Waals surface area contributed by atoms with Gasteiger partial charge in [0, 0.05) is 12.1 Å². The van der Waals surface area contributed by atoms with Crippen molar-refractivity contribution in [3.05, 3.63) is 65.2 Å². The number of aryl methyl sites for hydroxylation is 1. The number of esters is 1. The van der Waals surface area contributed by atoms with Crippen LogP contribution in [0.2, 0.25) is 0 Å². The van der Waals surface area contributed by atoms with Crippen molar-refractivity contribution in [3.63, 3.8) is 0 Å². The van der Waals surface area contributed by atoms with E-state index in [2.05, 4.69) is 0 Å². The minimum Gasteiger partial charge on any atom is -0.496 e. The summed E-state index contributed by atoms with van der Waals surface area (Å²) >= 11 is 0. The highest BCUT2D eigenvalue weighted by atomic mass is 16.5. The van der Waals surface area contributed by atoms with Gasteiger partial charge in [0.15, 0.2) is 0 Å². The molecule has 138 valence electrons. The van der Waals surface area contributed by atoms with Crippen LogP contribution in [0.1, 0.15) is 23.6 Å². The molecule has 0 heterocycles. The summed E-state index contributed by atoms with van der Waals surface area (Å²) in [4.78, 5) is 26.4. The molecule has 0 unspecified atom stereocenters. The first-order chi connectivity index (χ1) is 12.5. The molecule has 0 aliphatic rings. The highest BCUT2D eigenvalue weighted by Crippen LogP contribution is 2.21. The Labute approximate surface area is 154 Å². The van der Waals surface area contributed by atoms with Crippen LogP contribution in [0.5, 0.6) is 5.75 Å². The van der Waals surface area contributed by atoms with E-state index in [-0.39, 0.29) is 25.5 Å². The average molecular weight is 355 g/mol. The Morgan fingerprint density at radius 2 is 1.81 bits per heavy atom. The van der Waals surface area contributed by atoms with E-state index < -0.39 is 5.97 Å². The van der Waals surface area contributed by atoms with Crippen LogP contribution in [0.3, 0.4) is 0 Å². The second-order valence-corrected chi connectivity index (χ2v) is 6.03. The largest absolute Gasteiger partial charge is 0.496 e. The van der Waals surface area contributed by atoms with Gasteiger partial charge in [-0.1, -0.05) is 48.0 Å². The summed E-state index contributed by atoms with van der Waals surface area (Å²) in [7, 11) is 1.58. The van der Waals surface area contributed by atoms with E-state index in [0.717, 1.165) is 16.7 Å². The monoisotopic (exact) mass is 355 g/mol. The lowest BCUT2D eigenvalue weighted by atomic mass is 10.1. The molecule has 5 heteroatoms. The van der Waals surface area contributed by atoms with Crippen molar-refractivity contribution in [2.45, 2.75) is 26.8 Å². The van der Waals surface area contributed by atoms with E-state index in [1.54, 1.807) is 14.0 Å². The third kappa shape index (κ3) is 5.62. The highest BCUT2D eigenvalue weighted by Gasteiger charge is 2.20. The van der Waals surface area contributed by atoms with Gasteiger partial charge in [0.25, 0.3) is 0 Å². The van der Waals surface area contributed by atoms with Gasteiger partial charge >= 0.3 is 5.97 Å². The van der Waals surface area contributed by atoms with Crippen molar-refractivity contribution in [1.82, 2.24) is 4.90 Å². The zero-order valence-corrected chi connectivity index (χ0v) is 15.5. The van der Waals surface area contributed by atoms with Crippen LogP contribution in [0.25, 0.3) is 0 Å². The fraction of sp³-hybridized carbons (Fsp3) is 0.333. The van der Waals surface area contributed by atoms with E-state index in [1.165, 1.54) is 4.90 Å². The van der Waals surface area contributed by atoms with Crippen LogP contribution in [0.4, 0.5) is 0 Å². The summed E-state index contributed by atoms with van der Waals surface area (Å²) in [6.45, 7) is 4.28. The Hall–Kier alpha value is -2.82. The average Bonchev–Trinajstić information content (AvgIpc) is 2.62. The van der Waals surface area contributed by atoms with Crippen molar-refractivity contribution in [2.24, 2.45) is 0 Å². The molecule has 0 saturated carbocycles. The van der Waals surface area contributed by atoms with Crippen LogP contribution in [0.15, 0.2) is 48.5 Å². The van der Waals surface area contributed by atoms with Gasteiger partial charge in [0.1, 0.15) is 12.3 Å². The first-order valence-electron chi connectivity index (χ1n) is 8.64. The standard InChI is InChI=1S/C21H25NO4/c1-4-26-21(24)15-22(14-17-8-6-5-7-9-17)20(23)13-18-12-16(2)10-11-19(18)25-3/h5-12H,4,13-15H2,1-3H3. The molecule has 26 heavy (non-hydrogen) atoms. The molecule has 0 spiro atoms. The number of nitrogens with zero attached hydrogens (tertiary/aromatic N) is 1. The van der Waals surface area contributed by atoms with Gasteiger partial charge < -0.3 is 14.4 Å². The Morgan fingerprint density at radius 3 is 2.46 bits per heavy atom. The SMILES string of the molecule is CCOC(=O)CN(Cc1ccccc1)C(=O)Cc1cc(C)ccc1OC. The summed E-state index contributed by atoms with van der Waals surface area (Å²) in [5.74, 6) is 0.110. The van der Waals surface area contributed by atoms with Gasteiger partial charge in [-0.3, -0.25) is 9.59 Å². The fourth-order valence-corrected chi connectivity index (χ4v) is 2.72. The van der Waals surface area contributed by atoms with Gasteiger partial charge in [0.05, 0.1) is 20.1 Å². The van der Waals surface area contributed by atoms with Crippen molar-refractivity contribution >= 4 is 11.9 Å². The fourth-order valence-electron chi connectivity index (χ4n) is 2.72. The molecular formula is C21H25NO4. The van der Waals surface area contributed by atoms with Gasteiger partial charge in [-0.15, -0.1) is 0 Å². The highest BCUT2D eigenvalue weighted by molar-refractivity contribution is 5.84. The molecule has 0 aromatic heterocycles. The summed E-state index contributed by atoms with van der Waals surface area (Å²) in [5, 5.41) is 0. The molecule has 0 bridgehead atoms. The molecule has 0 saturated heterocycles. The van der Waals surface area contributed by atoms with Crippen molar-refractivity contribution in [3.8, 4) is 5.75 Å². The number of ether oxygens (including phenoxy) is 2. The van der Waals surface area contributed by atoms with Gasteiger partial charge in [-0.25, -0.2) is 0 Å². The Balaban J connectivity index is 2.19. The topological polar surface area (TPSA) is 55.8 Å². The summed E-state index contributed by atoms with van der Waals surface area (Å²) in [6, 6.07) is 15.3. The molecule has 0 radical (unpaired) electrons. The van der Waals surface area contributed by atoms with Crippen LogP contribution in [0, 0.1) is 6.92 Å². The molecule has 0 atom stereocenters. The third-order valence-corrected chi connectivity index (χ3v) is 3.97. The van der Waals surface area contributed by atoms with Crippen molar-refractivity contribution in [2.75, 3.05) is 20.3 Å². The number of hydrogen-bond donors (Lipinski definition) is 0. The zero-order valence-electron chi connectivity index (χ0n) is 15.5. The normalized spacial score (nSPS) is 10.3. The second kappa shape index (κ2) is 9.61. The molecule has 1 amide bonds. The minimum absolute atomic E-state index is 0.0737. The number of methoxy groups -OCH3 is 1. The second-order valence-electron chi connectivity index (χ2n) is 6.03. The molecule has 0 fully saturated rings. The molecule has 0 aliphatic heterocycles. The van der Waals surface area contributed by atoms with E-state index in [9.17, 15) is 9.59 Å². The Morgan fingerprint density at radius 1 is 1.08 bits per heavy atom. The molecule has 0 aliphatic carbocycles. The maximum Gasteiger partial charge on any atom is 0.325 e. The van der Waals surface area contributed by atoms with Crippen LogP contribution in [-0.2, 0) is 27.3 Å². The lowest BCUT2D eigenvalue weighted by Crippen LogP contribution is -2.37. The zero-order chi connectivity index (χ0) is 18.9. The number of rotatable bonds is 8. The summed E-state index contributed by atoms with van der Waals surface area (Å²) < 4.78 is 10.4. The number of carbonyl (C=O) groups is 2. The van der Waals surface area contributed by atoms with E-state index in [1.807, 2.05) is 55.5 Å². The van der Waals surface area contributed by atoms with Gasteiger partial charge in [-0.2, -0.15) is 0 Å². The summed E-state index contributed by atoms with van der Waals surface area (Å²) in [5.41, 5.74) is 2.81. The smallest absolute Gasteiger partial charge is 0.325 e. The van der Waals surface area contributed by atoms with Crippen LogP contribution >= 0.6 is 0 Å². The Bertz CT molecular complexity index is 743. The number of amides is 1. The summed E-state index contributed by atoms with van der Waals surface area (Å²) in [6.07, 6.45) is 0.164. The molecule has 2 rings (SSSR count). The number of hydrogen-bond acceptors (Lipinski definition) is 4. The molecular weight excluding hydrogens is 330 g/mol. The quantitative estimate of drug-likeness (QED) is 0.683. The van der Waals surface area contributed by atoms with E-state index >= 15 is 0 Å². The van der Waals surface area contributed by atoms with Gasteiger partial charge in [0.2, 0.25) is 5.91 Å². The van der Waals surface area contributed by atoms with Crippen LogP contribution in [-0.4, -0.2) is 37.0 Å². The number of carbonyl (C=O) groups excluding carboxylic acids is 2. The molecule has 5 nitrogen and oxygen atoms in total. The maximum absolute atomic E-state index is 12.9. The van der Waals surface area contributed by atoms with Gasteiger partial charge in [-0.05, 0) is 25.5 Å². The van der Waals surface area contributed by atoms with Crippen molar-refractivity contribution in [1.29, 1.82) is 0 Å². The van der Waals surface area contributed by atoms with Crippen LogP contribution < -0.4 is 4.74 Å². The van der Waals surface area contributed by atoms with E-state index in [4.69, 9.17) is 9.47 Å². The lowest BCUT2D eigenvalue weighted by Gasteiger charge is -2.22. The molecule has 2 aromatic rings. The first kappa shape index (κ1) is 19.5. The predicted octanol–water partition coefficient (Wildman–Crippen LogP) is 3.14. The molecule has 2 aromatic carbocycles. The molecule has 0 N–H and O–H groups in total. The maximum atomic E-state index is 12.9. The first-order valence-corrected chi connectivity index (χ1v) is 8.64. The Kier molecular flexibility index (Phi) is 7.21. The number of benzene rings is 2. The lowest BCUT2D eigenvalue weighted by molar-refractivity contribution is -0.149.